The monoisotopic (exact) mass is 574 g/mol. The number of nitrogens with one attached hydrogen (secondary N) is 1. The van der Waals surface area contributed by atoms with E-state index < -0.39 is 77.3 Å². The molecule has 0 saturated carbocycles. The molecule has 0 bridgehead atoms. The van der Waals surface area contributed by atoms with E-state index in [4.69, 9.17) is 33.2 Å². The number of thioether (sulfide) groups is 1. The lowest BCUT2D eigenvalue weighted by Crippen LogP contribution is -2.60. The minimum atomic E-state index is -1.29. The van der Waals surface area contributed by atoms with Crippen molar-refractivity contribution in [3.63, 3.8) is 0 Å². The van der Waals surface area contributed by atoms with Crippen LogP contribution in [0.1, 0.15) is 34.6 Å². The van der Waals surface area contributed by atoms with Gasteiger partial charge in [0.1, 0.15) is 54.5 Å². The van der Waals surface area contributed by atoms with Crippen LogP contribution in [0.25, 0.3) is 10.4 Å². The number of azide groups is 1. The molecule has 0 aromatic carbocycles. The first-order chi connectivity index (χ1) is 18.4. The molecule has 3 heterocycles. The van der Waals surface area contributed by atoms with Gasteiger partial charge in [-0.2, -0.15) is 0 Å². The van der Waals surface area contributed by atoms with Gasteiger partial charge >= 0.3 is 29.8 Å². The number of fused-ring (bicyclic) bond motifs is 1. The highest BCUT2D eigenvalue weighted by molar-refractivity contribution is 8.00. The maximum Gasteiger partial charge on any atom is 0.303 e. The van der Waals surface area contributed by atoms with Crippen LogP contribution in [0.15, 0.2) is 5.11 Å². The molecule has 3 saturated heterocycles. The van der Waals surface area contributed by atoms with Crippen LogP contribution in [-0.4, -0.2) is 103 Å². The highest BCUT2D eigenvalue weighted by Crippen LogP contribution is 2.43. The standard InChI is InChI=1S/C22H30N4O12S/c1-8(27)32-6-13-15-16(24-15)19(35-11(4)30)21(37-13)39-22-20(36-12(5)31)17(25-26-23)18(34-10(3)29)14(38-22)7-33-9(2)28/h13-22,24H,6-7H2,1-5H3/t13?,14?,15-,16?,17?,18-,19?,20?,21-,22-/m0/s1. The van der Waals surface area contributed by atoms with E-state index in [-0.39, 0.29) is 25.3 Å². The number of carbonyl (C=O) groups is 5. The van der Waals surface area contributed by atoms with Crippen molar-refractivity contribution in [2.75, 3.05) is 13.2 Å². The molecule has 0 spiro atoms. The van der Waals surface area contributed by atoms with E-state index in [1.54, 1.807) is 0 Å². The number of nitrogens with zero attached hydrogens (tertiary/aromatic N) is 3. The second kappa shape index (κ2) is 13.3. The zero-order valence-corrected chi connectivity index (χ0v) is 22.7. The second-order valence-corrected chi connectivity index (χ2v) is 10.2. The van der Waals surface area contributed by atoms with E-state index >= 15 is 0 Å². The molecule has 216 valence electrons. The Labute approximate surface area is 227 Å². The molecule has 1 N–H and O–H groups in total. The molecule has 10 atom stereocenters. The Morgan fingerprint density at radius 2 is 1.23 bits per heavy atom. The van der Waals surface area contributed by atoms with Crippen LogP contribution in [0.3, 0.4) is 0 Å². The average Bonchev–Trinajstić information content (AvgIpc) is 3.62. The van der Waals surface area contributed by atoms with Gasteiger partial charge in [-0.05, 0) is 5.53 Å². The lowest BCUT2D eigenvalue weighted by atomic mass is 9.97. The molecular formula is C22H30N4O12S. The first kappa shape index (κ1) is 30.4. The van der Waals surface area contributed by atoms with Gasteiger partial charge in [0.15, 0.2) is 6.10 Å². The van der Waals surface area contributed by atoms with Gasteiger partial charge in [-0.1, -0.05) is 16.9 Å². The Hall–Kier alpha value is -3.11. The first-order valence-electron chi connectivity index (χ1n) is 12.0. The summed E-state index contributed by atoms with van der Waals surface area (Å²) in [5.74, 6) is -3.21. The molecule has 0 amide bonds. The van der Waals surface area contributed by atoms with Gasteiger partial charge in [0, 0.05) is 39.5 Å². The molecule has 0 aromatic heterocycles. The van der Waals surface area contributed by atoms with Gasteiger partial charge in [0.2, 0.25) is 0 Å². The van der Waals surface area contributed by atoms with Crippen LogP contribution >= 0.6 is 11.8 Å². The number of hydrogen-bond acceptors (Lipinski definition) is 15. The quantitative estimate of drug-likeness (QED) is 0.0914. The normalized spacial score (nSPS) is 34.8. The van der Waals surface area contributed by atoms with E-state index in [9.17, 15) is 29.5 Å². The smallest absolute Gasteiger partial charge is 0.303 e. The van der Waals surface area contributed by atoms with Crippen molar-refractivity contribution < 1.29 is 57.1 Å². The van der Waals surface area contributed by atoms with Crippen LogP contribution in [0.4, 0.5) is 0 Å². The average molecular weight is 575 g/mol. The molecule has 3 rings (SSSR count). The van der Waals surface area contributed by atoms with E-state index in [1.165, 1.54) is 20.8 Å². The van der Waals surface area contributed by atoms with Crippen LogP contribution in [0, 0.1) is 0 Å². The van der Waals surface area contributed by atoms with Gasteiger partial charge < -0.3 is 38.5 Å². The Kier molecular flexibility index (Phi) is 10.4. The molecule has 0 aliphatic carbocycles. The summed E-state index contributed by atoms with van der Waals surface area (Å²) in [4.78, 5) is 61.5. The van der Waals surface area contributed by atoms with Crippen LogP contribution in [0.5, 0.6) is 0 Å². The molecule has 39 heavy (non-hydrogen) atoms. The van der Waals surface area contributed by atoms with Crippen molar-refractivity contribution in [2.24, 2.45) is 5.11 Å². The van der Waals surface area contributed by atoms with Crippen LogP contribution < -0.4 is 5.32 Å². The summed E-state index contributed by atoms with van der Waals surface area (Å²) >= 11 is 0.955. The zero-order valence-electron chi connectivity index (χ0n) is 21.8. The Balaban J connectivity index is 1.94. The molecule has 3 aliphatic heterocycles. The van der Waals surface area contributed by atoms with Crippen molar-refractivity contribution in [1.29, 1.82) is 0 Å². The number of rotatable bonds is 10. The number of hydrogen-bond donors (Lipinski definition) is 1. The summed E-state index contributed by atoms with van der Waals surface area (Å²) in [6.07, 6.45) is -5.11. The molecule has 3 aliphatic rings. The third kappa shape index (κ3) is 8.19. The van der Waals surface area contributed by atoms with Gasteiger partial charge in [-0.3, -0.25) is 24.0 Å². The third-order valence-corrected chi connectivity index (χ3v) is 7.17. The fourth-order valence-electron chi connectivity index (χ4n) is 4.40. The van der Waals surface area contributed by atoms with Gasteiger partial charge in [-0.25, -0.2) is 0 Å². The second-order valence-electron chi connectivity index (χ2n) is 8.96. The summed E-state index contributed by atoms with van der Waals surface area (Å²) in [5.41, 5.74) is 7.20. The Morgan fingerprint density at radius 1 is 0.744 bits per heavy atom. The molecule has 6 unspecified atom stereocenters. The van der Waals surface area contributed by atoms with Crippen molar-refractivity contribution in [3.8, 4) is 0 Å². The SMILES string of the molecule is CC(=O)OCC1O[C@@H](S[C@@H]2OC(COC(C)=O)[C@H](OC(C)=O)C(N=[N+]=[N-])C2OC(C)=O)C(OC(C)=O)C2N[C@@H]12. The van der Waals surface area contributed by atoms with Crippen molar-refractivity contribution in [1.82, 2.24) is 5.32 Å². The maximum atomic E-state index is 12.0. The Morgan fingerprint density at radius 3 is 1.77 bits per heavy atom. The molecule has 17 heteroatoms. The summed E-state index contributed by atoms with van der Waals surface area (Å²) in [6, 6.07) is -1.85. The topological polar surface area (TPSA) is 221 Å². The zero-order chi connectivity index (χ0) is 28.9. The van der Waals surface area contributed by atoms with Crippen LogP contribution in [-0.2, 0) is 57.1 Å². The number of ether oxygens (including phenoxy) is 7. The molecule has 16 nitrogen and oxygen atoms in total. The lowest BCUT2D eigenvalue weighted by Gasteiger charge is -2.45. The minimum Gasteiger partial charge on any atom is -0.463 e. The first-order valence-corrected chi connectivity index (χ1v) is 12.9. The highest BCUT2D eigenvalue weighted by atomic mass is 32.2. The molecule has 3 fully saturated rings. The van der Waals surface area contributed by atoms with Crippen LogP contribution in [0.2, 0.25) is 0 Å². The predicted octanol–water partition coefficient (Wildman–Crippen LogP) is 0.110. The van der Waals surface area contributed by atoms with Crippen molar-refractivity contribution in [3.05, 3.63) is 10.4 Å². The summed E-state index contributed by atoms with van der Waals surface area (Å²) in [6.45, 7) is 5.47. The number of carbonyl (C=O) groups excluding carboxylic acids is 5. The lowest BCUT2D eigenvalue weighted by molar-refractivity contribution is -0.201. The molecule has 0 aromatic rings. The van der Waals surface area contributed by atoms with Crippen molar-refractivity contribution in [2.45, 2.75) is 94.1 Å². The predicted molar refractivity (Wildman–Crippen MR) is 128 cm³/mol. The van der Waals surface area contributed by atoms with E-state index in [2.05, 4.69) is 15.3 Å². The molecular weight excluding hydrogens is 544 g/mol. The van der Waals surface area contributed by atoms with E-state index in [1.807, 2.05) is 0 Å². The van der Waals surface area contributed by atoms with E-state index in [0.29, 0.717) is 0 Å². The third-order valence-electron chi connectivity index (χ3n) is 5.87. The fourth-order valence-corrected chi connectivity index (χ4v) is 5.83. The summed E-state index contributed by atoms with van der Waals surface area (Å²) in [5, 5.41) is 6.88. The summed E-state index contributed by atoms with van der Waals surface area (Å²) in [7, 11) is 0. The van der Waals surface area contributed by atoms with E-state index in [0.717, 1.165) is 25.6 Å². The number of esters is 5. The van der Waals surface area contributed by atoms with Gasteiger partial charge in [0.05, 0.1) is 12.1 Å². The Bertz CT molecular complexity index is 1020. The minimum absolute atomic E-state index is 0.0722. The molecule has 0 radical (unpaired) electrons. The fraction of sp³-hybridized carbons (Fsp3) is 0.773. The van der Waals surface area contributed by atoms with Gasteiger partial charge in [-0.15, -0.1) is 0 Å². The summed E-state index contributed by atoms with van der Waals surface area (Å²) < 4.78 is 38.7. The maximum absolute atomic E-state index is 12.0. The largest absolute Gasteiger partial charge is 0.463 e. The van der Waals surface area contributed by atoms with Gasteiger partial charge in [0.25, 0.3) is 0 Å². The highest BCUT2D eigenvalue weighted by Gasteiger charge is 2.59. The van der Waals surface area contributed by atoms with Crippen molar-refractivity contribution >= 4 is 41.6 Å².